The lowest BCUT2D eigenvalue weighted by Gasteiger charge is -2.28. The fourth-order valence-corrected chi connectivity index (χ4v) is 4.45. The second-order valence-electron chi connectivity index (χ2n) is 11.6. The molecule has 2 amide bonds. The molecule has 9 heteroatoms. The number of aromatic nitrogens is 2. The molecular weight excluding hydrogens is 474 g/mol. The third kappa shape index (κ3) is 6.70. The number of methoxy groups -OCH3 is 1. The lowest BCUT2D eigenvalue weighted by molar-refractivity contribution is -0.144. The predicted molar refractivity (Wildman–Crippen MR) is 139 cm³/mol. The molecule has 0 radical (unpaired) electrons. The highest BCUT2D eigenvalue weighted by Gasteiger charge is 2.63. The number of rotatable bonds is 7. The van der Waals surface area contributed by atoms with Crippen LogP contribution in [0.4, 0.5) is 9.59 Å². The fourth-order valence-electron chi connectivity index (χ4n) is 4.45. The highest BCUT2D eigenvalue weighted by atomic mass is 16.6. The molecule has 3 rings (SSSR count). The molecule has 1 aliphatic rings. The zero-order chi connectivity index (χ0) is 27.6. The van der Waals surface area contributed by atoms with E-state index in [2.05, 4.69) is 4.98 Å². The van der Waals surface area contributed by atoms with Crippen LogP contribution in [0.3, 0.4) is 0 Å². The molecule has 0 saturated heterocycles. The Labute approximate surface area is 219 Å². The van der Waals surface area contributed by atoms with Crippen molar-refractivity contribution in [3.63, 3.8) is 0 Å². The highest BCUT2D eigenvalue weighted by Crippen LogP contribution is 2.57. The Hall–Kier alpha value is -3.36. The number of carbonyl (C=O) groups excluding carboxylic acids is 3. The number of hydrogen-bond acceptors (Lipinski definition) is 7. The summed E-state index contributed by atoms with van der Waals surface area (Å²) in [5, 5.41) is 0. The van der Waals surface area contributed by atoms with E-state index in [4.69, 9.17) is 14.2 Å². The zero-order valence-corrected chi connectivity index (χ0v) is 23.2. The quantitative estimate of drug-likeness (QED) is 0.353. The Morgan fingerprint density at radius 2 is 1.65 bits per heavy atom. The van der Waals surface area contributed by atoms with E-state index in [0.717, 1.165) is 16.2 Å². The monoisotopic (exact) mass is 513 g/mol. The molecule has 2 aromatic rings. The number of aryl methyl sites for hydroxylation is 1. The molecule has 2 atom stereocenters. The normalized spacial score (nSPS) is 19.2. The third-order valence-electron chi connectivity index (χ3n) is 6.25. The molecule has 0 bridgehead atoms. The van der Waals surface area contributed by atoms with Gasteiger partial charge in [-0.3, -0.25) is 4.79 Å². The predicted octanol–water partition coefficient (Wildman–Crippen LogP) is 5.56. The number of ether oxygens (including phenoxy) is 3. The van der Waals surface area contributed by atoms with Crippen molar-refractivity contribution in [1.29, 1.82) is 0 Å². The summed E-state index contributed by atoms with van der Waals surface area (Å²) < 4.78 is 17.9. The molecule has 0 spiro atoms. The van der Waals surface area contributed by atoms with Crippen molar-refractivity contribution in [1.82, 2.24) is 14.5 Å². The van der Waals surface area contributed by atoms with Gasteiger partial charge in [-0.05, 0) is 85.3 Å². The van der Waals surface area contributed by atoms with Crippen molar-refractivity contribution in [2.75, 3.05) is 13.7 Å². The van der Waals surface area contributed by atoms with E-state index < -0.39 is 28.8 Å². The molecule has 202 valence electrons. The molecule has 1 aromatic carbocycles. The second kappa shape index (κ2) is 10.6. The number of amides is 2. The van der Waals surface area contributed by atoms with E-state index in [1.54, 1.807) is 47.9 Å². The number of imide groups is 1. The van der Waals surface area contributed by atoms with Gasteiger partial charge >= 0.3 is 18.2 Å². The Bertz CT molecular complexity index is 1120. The van der Waals surface area contributed by atoms with Crippen LogP contribution in [0.25, 0.3) is 5.69 Å². The molecule has 1 saturated carbocycles. The van der Waals surface area contributed by atoms with Crippen molar-refractivity contribution >= 4 is 18.2 Å². The maximum atomic E-state index is 12.9. The van der Waals surface area contributed by atoms with Crippen LogP contribution in [-0.2, 0) is 24.4 Å². The minimum Gasteiger partial charge on any atom is -0.468 e. The van der Waals surface area contributed by atoms with Crippen LogP contribution in [0.1, 0.15) is 72.1 Å². The van der Waals surface area contributed by atoms with Crippen molar-refractivity contribution in [2.45, 2.75) is 84.3 Å². The molecule has 0 aliphatic heterocycles. The van der Waals surface area contributed by atoms with Crippen LogP contribution in [0.15, 0.2) is 36.8 Å². The molecule has 0 N–H and O–H groups in total. The molecule has 1 aliphatic carbocycles. The van der Waals surface area contributed by atoms with E-state index in [9.17, 15) is 14.4 Å². The number of para-hydroxylation sites is 1. The first-order valence-electron chi connectivity index (χ1n) is 12.6. The topological polar surface area (TPSA) is 100.0 Å². The van der Waals surface area contributed by atoms with Crippen LogP contribution in [0.5, 0.6) is 0 Å². The summed E-state index contributed by atoms with van der Waals surface area (Å²) in [5.74, 6) is -0.358. The summed E-state index contributed by atoms with van der Waals surface area (Å²) in [6.45, 7) is 12.6. The first-order valence-corrected chi connectivity index (χ1v) is 12.6. The van der Waals surface area contributed by atoms with E-state index in [1.807, 2.05) is 42.0 Å². The SMILES string of the molecule is COC(=O)C1(c2cn(-c3ccccc3C)cn2)CC1CCCN(C(=O)OC(C)(C)C)C(=O)OC(C)(C)C. The van der Waals surface area contributed by atoms with Gasteiger partial charge in [0.15, 0.2) is 0 Å². The summed E-state index contributed by atoms with van der Waals surface area (Å²) in [6, 6.07) is 7.95. The minimum absolute atomic E-state index is 0.0284. The van der Waals surface area contributed by atoms with Crippen molar-refractivity contribution in [3.8, 4) is 5.69 Å². The highest BCUT2D eigenvalue weighted by molar-refractivity contribution is 5.88. The summed E-state index contributed by atoms with van der Waals surface area (Å²) in [6.07, 6.45) is 3.73. The summed E-state index contributed by atoms with van der Waals surface area (Å²) in [5.41, 5.74) is 0.377. The van der Waals surface area contributed by atoms with Crippen molar-refractivity contribution < 1.29 is 28.6 Å². The van der Waals surface area contributed by atoms with Crippen LogP contribution in [0.2, 0.25) is 0 Å². The summed E-state index contributed by atoms with van der Waals surface area (Å²) in [7, 11) is 1.38. The number of benzene rings is 1. The molecule has 9 nitrogen and oxygen atoms in total. The van der Waals surface area contributed by atoms with E-state index in [-0.39, 0.29) is 18.4 Å². The van der Waals surface area contributed by atoms with Gasteiger partial charge in [-0.2, -0.15) is 0 Å². The van der Waals surface area contributed by atoms with Crippen LogP contribution >= 0.6 is 0 Å². The molecular formula is C28H39N3O6. The van der Waals surface area contributed by atoms with Gasteiger partial charge in [0, 0.05) is 18.4 Å². The Kier molecular flexibility index (Phi) is 8.05. The molecule has 2 unspecified atom stereocenters. The average molecular weight is 514 g/mol. The van der Waals surface area contributed by atoms with Crippen LogP contribution in [0, 0.1) is 12.8 Å². The molecule has 37 heavy (non-hydrogen) atoms. The third-order valence-corrected chi connectivity index (χ3v) is 6.25. The van der Waals surface area contributed by atoms with Crippen LogP contribution in [-0.4, -0.2) is 57.5 Å². The van der Waals surface area contributed by atoms with E-state index >= 15 is 0 Å². The summed E-state index contributed by atoms with van der Waals surface area (Å²) in [4.78, 5) is 44.0. The van der Waals surface area contributed by atoms with Gasteiger partial charge in [0.05, 0.1) is 19.1 Å². The Morgan fingerprint density at radius 1 is 1.05 bits per heavy atom. The minimum atomic E-state index is -0.842. The van der Waals surface area contributed by atoms with Gasteiger partial charge in [-0.1, -0.05) is 18.2 Å². The smallest absolute Gasteiger partial charge is 0.419 e. The number of imidazole rings is 1. The van der Waals surface area contributed by atoms with Gasteiger partial charge in [0.2, 0.25) is 0 Å². The maximum Gasteiger partial charge on any atom is 0.419 e. The lowest BCUT2D eigenvalue weighted by Crippen LogP contribution is -2.44. The van der Waals surface area contributed by atoms with Gasteiger partial charge in [-0.25, -0.2) is 19.5 Å². The first kappa shape index (κ1) is 28.2. The molecule has 1 heterocycles. The lowest BCUT2D eigenvalue weighted by atomic mass is 9.97. The van der Waals surface area contributed by atoms with E-state index in [1.165, 1.54) is 7.11 Å². The second-order valence-corrected chi connectivity index (χ2v) is 11.6. The first-order chi connectivity index (χ1) is 17.2. The van der Waals surface area contributed by atoms with E-state index in [0.29, 0.717) is 25.0 Å². The van der Waals surface area contributed by atoms with Gasteiger partial charge < -0.3 is 18.8 Å². The number of esters is 1. The maximum absolute atomic E-state index is 12.9. The van der Waals surface area contributed by atoms with Gasteiger partial charge in [0.1, 0.15) is 16.6 Å². The number of hydrogen-bond donors (Lipinski definition) is 0. The standard InChI is InChI=1S/C28H39N3O6/c1-19-12-9-10-14-21(19)30-17-22(29-18-30)28(23(32)35-8)16-20(28)13-11-15-31(24(33)36-26(2,3)4)25(34)37-27(5,6)7/h9-10,12,14,17-18,20H,11,13,15-16H2,1-8H3. The Balaban J connectivity index is 1.73. The van der Waals surface area contributed by atoms with Crippen molar-refractivity contribution in [3.05, 3.63) is 48.0 Å². The zero-order valence-electron chi connectivity index (χ0n) is 23.2. The number of nitrogens with zero attached hydrogens (tertiary/aromatic N) is 3. The summed E-state index contributed by atoms with van der Waals surface area (Å²) >= 11 is 0. The largest absolute Gasteiger partial charge is 0.468 e. The van der Waals surface area contributed by atoms with Crippen molar-refractivity contribution in [2.24, 2.45) is 5.92 Å². The molecule has 1 aromatic heterocycles. The van der Waals surface area contributed by atoms with Crippen LogP contribution < -0.4 is 0 Å². The average Bonchev–Trinajstić information content (AvgIpc) is 3.29. The fraction of sp³-hybridized carbons (Fsp3) is 0.571. The van der Waals surface area contributed by atoms with Gasteiger partial charge in [-0.15, -0.1) is 0 Å². The number of carbonyl (C=O) groups is 3. The van der Waals surface area contributed by atoms with Gasteiger partial charge in [0.25, 0.3) is 0 Å². The Morgan fingerprint density at radius 3 is 2.19 bits per heavy atom. The molecule has 1 fully saturated rings.